The van der Waals surface area contributed by atoms with Gasteiger partial charge in [-0.25, -0.2) is 0 Å². The minimum atomic E-state index is 0.360. The summed E-state index contributed by atoms with van der Waals surface area (Å²) in [5, 5.41) is 9.28. The molecule has 19 heavy (non-hydrogen) atoms. The average Bonchev–Trinajstić information content (AvgIpc) is 2.87. The van der Waals surface area contributed by atoms with Crippen molar-refractivity contribution in [2.75, 3.05) is 13.1 Å². The number of hydrogen-bond acceptors (Lipinski definition) is 2. The molecule has 1 aromatic carbocycles. The molecule has 2 unspecified atom stereocenters. The van der Waals surface area contributed by atoms with Crippen LogP contribution in [0.3, 0.4) is 0 Å². The molecule has 0 radical (unpaired) electrons. The molecule has 2 atom stereocenters. The highest BCUT2D eigenvalue weighted by atomic mass is 16.3. The standard InChI is InChI=1S/C17H27NO/c1-3-4-16-11-12-18(13-16)14(2)5-6-15-7-9-17(19)10-8-15/h7-10,14,16,19H,3-6,11-13H2,1-2H3. The van der Waals surface area contributed by atoms with Gasteiger partial charge in [0.05, 0.1) is 0 Å². The molecule has 2 rings (SSSR count). The minimum absolute atomic E-state index is 0.360. The van der Waals surface area contributed by atoms with Gasteiger partial charge >= 0.3 is 0 Å². The fourth-order valence-corrected chi connectivity index (χ4v) is 3.13. The molecule has 0 aromatic heterocycles. The van der Waals surface area contributed by atoms with Gasteiger partial charge in [0.15, 0.2) is 0 Å². The second-order valence-corrected chi connectivity index (χ2v) is 5.99. The van der Waals surface area contributed by atoms with Crippen LogP contribution in [-0.4, -0.2) is 29.1 Å². The SMILES string of the molecule is CCCC1CCN(C(C)CCc2ccc(O)cc2)C1. The van der Waals surface area contributed by atoms with Crippen molar-refractivity contribution in [3.63, 3.8) is 0 Å². The summed E-state index contributed by atoms with van der Waals surface area (Å²) in [7, 11) is 0. The van der Waals surface area contributed by atoms with E-state index in [0.29, 0.717) is 11.8 Å². The molecule has 1 aliphatic rings. The Kier molecular flexibility index (Phi) is 5.26. The van der Waals surface area contributed by atoms with Gasteiger partial charge in [-0.2, -0.15) is 0 Å². The monoisotopic (exact) mass is 261 g/mol. The van der Waals surface area contributed by atoms with Crippen LogP contribution in [-0.2, 0) is 6.42 Å². The van der Waals surface area contributed by atoms with Crippen molar-refractivity contribution in [2.24, 2.45) is 5.92 Å². The molecule has 0 amide bonds. The van der Waals surface area contributed by atoms with Crippen molar-refractivity contribution < 1.29 is 5.11 Å². The van der Waals surface area contributed by atoms with E-state index in [4.69, 9.17) is 0 Å². The van der Waals surface area contributed by atoms with Crippen molar-refractivity contribution in [3.05, 3.63) is 29.8 Å². The van der Waals surface area contributed by atoms with E-state index in [1.165, 1.54) is 44.3 Å². The lowest BCUT2D eigenvalue weighted by Gasteiger charge is -2.24. The Hall–Kier alpha value is -1.02. The first-order valence-electron chi connectivity index (χ1n) is 7.71. The van der Waals surface area contributed by atoms with Crippen LogP contribution < -0.4 is 0 Å². The van der Waals surface area contributed by atoms with Crippen LogP contribution in [0.5, 0.6) is 5.75 Å². The molecule has 2 nitrogen and oxygen atoms in total. The Balaban J connectivity index is 1.75. The third kappa shape index (κ3) is 4.24. The molecule has 106 valence electrons. The van der Waals surface area contributed by atoms with Crippen LogP contribution >= 0.6 is 0 Å². The molecule has 1 aliphatic heterocycles. The van der Waals surface area contributed by atoms with Crippen molar-refractivity contribution in [3.8, 4) is 5.75 Å². The van der Waals surface area contributed by atoms with Gasteiger partial charge in [-0.15, -0.1) is 0 Å². The van der Waals surface area contributed by atoms with Gasteiger partial charge in [-0.05, 0) is 62.8 Å². The number of phenolic OH excluding ortho intramolecular Hbond substituents is 1. The number of nitrogens with zero attached hydrogens (tertiary/aromatic N) is 1. The molecule has 1 N–H and O–H groups in total. The summed E-state index contributed by atoms with van der Waals surface area (Å²) in [5.41, 5.74) is 1.33. The topological polar surface area (TPSA) is 23.5 Å². The van der Waals surface area contributed by atoms with E-state index in [1.54, 1.807) is 12.1 Å². The van der Waals surface area contributed by atoms with E-state index < -0.39 is 0 Å². The van der Waals surface area contributed by atoms with Crippen molar-refractivity contribution >= 4 is 0 Å². The maximum atomic E-state index is 9.28. The quantitative estimate of drug-likeness (QED) is 0.841. The number of likely N-dealkylation sites (tertiary alicyclic amines) is 1. The predicted molar refractivity (Wildman–Crippen MR) is 80.5 cm³/mol. The molecule has 0 aliphatic carbocycles. The molecule has 1 heterocycles. The summed E-state index contributed by atoms with van der Waals surface area (Å²) in [6.07, 6.45) is 6.42. The van der Waals surface area contributed by atoms with Gasteiger partial charge in [0.1, 0.15) is 5.75 Å². The highest BCUT2D eigenvalue weighted by Gasteiger charge is 2.24. The molecule has 0 bridgehead atoms. The number of phenols is 1. The number of aryl methyl sites for hydroxylation is 1. The van der Waals surface area contributed by atoms with E-state index in [2.05, 4.69) is 18.7 Å². The van der Waals surface area contributed by atoms with Crippen molar-refractivity contribution in [2.45, 2.75) is 52.0 Å². The van der Waals surface area contributed by atoms with E-state index in [1.807, 2.05) is 12.1 Å². The van der Waals surface area contributed by atoms with Crippen molar-refractivity contribution in [1.82, 2.24) is 4.90 Å². The van der Waals surface area contributed by atoms with Gasteiger partial charge in [-0.3, -0.25) is 0 Å². The lowest BCUT2D eigenvalue weighted by Crippen LogP contribution is -2.31. The second kappa shape index (κ2) is 6.95. The number of hydrogen-bond donors (Lipinski definition) is 1. The Morgan fingerprint density at radius 1 is 1.32 bits per heavy atom. The van der Waals surface area contributed by atoms with Crippen molar-refractivity contribution in [1.29, 1.82) is 0 Å². The Morgan fingerprint density at radius 3 is 2.74 bits per heavy atom. The third-order valence-corrected chi connectivity index (χ3v) is 4.42. The van der Waals surface area contributed by atoms with E-state index in [-0.39, 0.29) is 0 Å². The highest BCUT2D eigenvalue weighted by Crippen LogP contribution is 2.24. The van der Waals surface area contributed by atoms with Gasteiger partial charge in [0, 0.05) is 12.6 Å². The van der Waals surface area contributed by atoms with Crippen LogP contribution in [0, 0.1) is 5.92 Å². The normalized spacial score (nSPS) is 21.7. The molecular weight excluding hydrogens is 234 g/mol. The first-order valence-corrected chi connectivity index (χ1v) is 7.71. The summed E-state index contributed by atoms with van der Waals surface area (Å²) in [6, 6.07) is 8.31. The van der Waals surface area contributed by atoms with Crippen LogP contribution in [0.4, 0.5) is 0 Å². The Labute approximate surface area is 117 Å². The zero-order valence-electron chi connectivity index (χ0n) is 12.3. The van der Waals surface area contributed by atoms with Gasteiger partial charge in [0.2, 0.25) is 0 Å². The third-order valence-electron chi connectivity index (χ3n) is 4.42. The zero-order valence-corrected chi connectivity index (χ0v) is 12.3. The average molecular weight is 261 g/mol. The minimum Gasteiger partial charge on any atom is -0.508 e. The highest BCUT2D eigenvalue weighted by molar-refractivity contribution is 5.25. The summed E-state index contributed by atoms with van der Waals surface area (Å²) < 4.78 is 0. The molecule has 2 heteroatoms. The lowest BCUT2D eigenvalue weighted by atomic mass is 10.0. The number of rotatable bonds is 6. The van der Waals surface area contributed by atoms with Gasteiger partial charge in [0.25, 0.3) is 0 Å². The fraction of sp³-hybridized carbons (Fsp3) is 0.647. The fourth-order valence-electron chi connectivity index (χ4n) is 3.13. The first-order chi connectivity index (χ1) is 9.19. The van der Waals surface area contributed by atoms with Gasteiger partial charge < -0.3 is 10.0 Å². The summed E-state index contributed by atoms with van der Waals surface area (Å²) in [6.45, 7) is 7.22. The van der Waals surface area contributed by atoms with Gasteiger partial charge in [-0.1, -0.05) is 25.5 Å². The zero-order chi connectivity index (χ0) is 13.7. The summed E-state index contributed by atoms with van der Waals surface area (Å²) in [4.78, 5) is 2.65. The predicted octanol–water partition coefficient (Wildman–Crippen LogP) is 3.84. The van der Waals surface area contributed by atoms with E-state index >= 15 is 0 Å². The molecular formula is C17H27NO. The molecule has 1 aromatic rings. The van der Waals surface area contributed by atoms with Crippen LogP contribution in [0.2, 0.25) is 0 Å². The molecule has 0 saturated carbocycles. The maximum absolute atomic E-state index is 9.28. The summed E-state index contributed by atoms with van der Waals surface area (Å²) >= 11 is 0. The molecule has 1 fully saturated rings. The summed E-state index contributed by atoms with van der Waals surface area (Å²) in [5.74, 6) is 1.29. The smallest absolute Gasteiger partial charge is 0.115 e. The van der Waals surface area contributed by atoms with Crippen LogP contribution in [0.1, 0.15) is 45.1 Å². The second-order valence-electron chi connectivity index (χ2n) is 5.99. The maximum Gasteiger partial charge on any atom is 0.115 e. The Bertz CT molecular complexity index is 373. The number of benzene rings is 1. The first kappa shape index (κ1) is 14.4. The molecule has 1 saturated heterocycles. The van der Waals surface area contributed by atoms with E-state index in [9.17, 15) is 5.11 Å². The molecule has 0 spiro atoms. The number of aromatic hydroxyl groups is 1. The Morgan fingerprint density at radius 2 is 2.05 bits per heavy atom. The van der Waals surface area contributed by atoms with E-state index in [0.717, 1.165) is 12.3 Å². The lowest BCUT2D eigenvalue weighted by molar-refractivity contribution is 0.236. The van der Waals surface area contributed by atoms with Crippen LogP contribution in [0.25, 0.3) is 0 Å². The largest absolute Gasteiger partial charge is 0.508 e. The van der Waals surface area contributed by atoms with Crippen LogP contribution in [0.15, 0.2) is 24.3 Å².